The van der Waals surface area contributed by atoms with E-state index < -0.39 is 11.7 Å². The van der Waals surface area contributed by atoms with Gasteiger partial charge in [0.25, 0.3) is 5.91 Å². The standard InChI is InChI=1S/C12H10FN3O/c13-10-2-1-5-15-11(10)12(17)16-8-9-3-6-14-7-4-9/h1-7H,8H2,(H,16,17). The fourth-order valence-corrected chi connectivity index (χ4v) is 1.32. The van der Waals surface area contributed by atoms with Crippen LogP contribution in [0.3, 0.4) is 0 Å². The van der Waals surface area contributed by atoms with E-state index in [0.29, 0.717) is 6.54 Å². The van der Waals surface area contributed by atoms with E-state index in [0.717, 1.165) is 5.56 Å². The first-order valence-corrected chi connectivity index (χ1v) is 5.05. The summed E-state index contributed by atoms with van der Waals surface area (Å²) in [5, 5.41) is 2.59. The minimum Gasteiger partial charge on any atom is -0.347 e. The molecule has 17 heavy (non-hydrogen) atoms. The first-order chi connectivity index (χ1) is 8.27. The Morgan fingerprint density at radius 1 is 1.24 bits per heavy atom. The second kappa shape index (κ2) is 5.16. The fraction of sp³-hybridized carbons (Fsp3) is 0.0833. The molecule has 4 nitrogen and oxygen atoms in total. The average Bonchev–Trinajstić information content (AvgIpc) is 2.38. The van der Waals surface area contributed by atoms with Crippen molar-refractivity contribution < 1.29 is 9.18 Å². The summed E-state index contributed by atoms with van der Waals surface area (Å²) in [6.07, 6.45) is 4.64. The van der Waals surface area contributed by atoms with Gasteiger partial charge in [0.2, 0.25) is 0 Å². The Bertz CT molecular complexity index is 516. The maximum absolute atomic E-state index is 13.2. The molecule has 2 aromatic rings. The highest BCUT2D eigenvalue weighted by molar-refractivity contribution is 5.92. The molecule has 0 bridgehead atoms. The summed E-state index contributed by atoms with van der Waals surface area (Å²) in [6.45, 7) is 0.317. The molecule has 0 fully saturated rings. The van der Waals surface area contributed by atoms with E-state index in [1.165, 1.54) is 18.3 Å². The Labute approximate surface area is 97.5 Å². The summed E-state index contributed by atoms with van der Waals surface area (Å²) in [6, 6.07) is 6.19. The van der Waals surface area contributed by atoms with E-state index in [1.807, 2.05) is 0 Å². The number of nitrogens with zero attached hydrogens (tertiary/aromatic N) is 2. The van der Waals surface area contributed by atoms with Crippen molar-refractivity contribution in [3.05, 3.63) is 59.9 Å². The number of aromatic nitrogens is 2. The van der Waals surface area contributed by atoms with Gasteiger partial charge < -0.3 is 5.32 Å². The molecule has 0 aliphatic carbocycles. The Morgan fingerprint density at radius 3 is 2.71 bits per heavy atom. The number of hydrogen-bond donors (Lipinski definition) is 1. The molecule has 0 spiro atoms. The molecular weight excluding hydrogens is 221 g/mol. The molecule has 86 valence electrons. The SMILES string of the molecule is O=C(NCc1ccncc1)c1ncccc1F. The van der Waals surface area contributed by atoms with Gasteiger partial charge in [0.1, 0.15) is 0 Å². The molecule has 5 heteroatoms. The van der Waals surface area contributed by atoms with Crippen molar-refractivity contribution in [2.45, 2.75) is 6.54 Å². The molecule has 0 atom stereocenters. The Balaban J connectivity index is 2.01. The van der Waals surface area contributed by atoms with Crippen LogP contribution in [0.4, 0.5) is 4.39 Å². The van der Waals surface area contributed by atoms with Gasteiger partial charge in [0.15, 0.2) is 11.5 Å². The molecule has 2 heterocycles. The lowest BCUT2D eigenvalue weighted by Crippen LogP contribution is -2.24. The molecule has 0 aliphatic rings. The number of halogens is 1. The first kappa shape index (κ1) is 11.2. The van der Waals surface area contributed by atoms with E-state index in [-0.39, 0.29) is 5.69 Å². The normalized spacial score (nSPS) is 9.94. The largest absolute Gasteiger partial charge is 0.347 e. The molecule has 2 rings (SSSR count). The van der Waals surface area contributed by atoms with Crippen molar-refractivity contribution in [3.8, 4) is 0 Å². The van der Waals surface area contributed by atoms with E-state index in [9.17, 15) is 9.18 Å². The number of carbonyl (C=O) groups excluding carboxylic acids is 1. The second-order valence-electron chi connectivity index (χ2n) is 3.37. The van der Waals surface area contributed by atoms with Crippen molar-refractivity contribution in [2.24, 2.45) is 0 Å². The Kier molecular flexibility index (Phi) is 3.40. The summed E-state index contributed by atoms with van der Waals surface area (Å²) in [5.74, 6) is -1.15. The topological polar surface area (TPSA) is 54.9 Å². The quantitative estimate of drug-likeness (QED) is 0.871. The molecule has 0 aromatic carbocycles. The number of carbonyl (C=O) groups is 1. The number of hydrogen-bond acceptors (Lipinski definition) is 3. The summed E-state index contributed by atoms with van der Waals surface area (Å²) < 4.78 is 13.2. The summed E-state index contributed by atoms with van der Waals surface area (Å²) in [4.78, 5) is 19.2. The lowest BCUT2D eigenvalue weighted by Gasteiger charge is -2.04. The van der Waals surface area contributed by atoms with Gasteiger partial charge in [-0.1, -0.05) is 0 Å². The van der Waals surface area contributed by atoms with Crippen LogP contribution in [0, 0.1) is 5.82 Å². The van der Waals surface area contributed by atoms with Gasteiger partial charge in [0, 0.05) is 25.1 Å². The van der Waals surface area contributed by atoms with Gasteiger partial charge in [-0.3, -0.25) is 9.78 Å². The van der Waals surface area contributed by atoms with Crippen molar-refractivity contribution in [1.82, 2.24) is 15.3 Å². The highest BCUT2D eigenvalue weighted by atomic mass is 19.1. The maximum Gasteiger partial charge on any atom is 0.273 e. The van der Waals surface area contributed by atoms with Crippen LogP contribution in [0.5, 0.6) is 0 Å². The predicted molar refractivity (Wildman–Crippen MR) is 59.6 cm³/mol. The zero-order valence-corrected chi connectivity index (χ0v) is 8.93. The minimum atomic E-state index is -0.625. The molecule has 0 saturated heterocycles. The van der Waals surface area contributed by atoms with Crippen molar-refractivity contribution in [2.75, 3.05) is 0 Å². The summed E-state index contributed by atoms with van der Waals surface area (Å²) in [7, 11) is 0. The van der Waals surface area contributed by atoms with Crippen LogP contribution in [0.2, 0.25) is 0 Å². The lowest BCUT2D eigenvalue weighted by atomic mass is 10.2. The maximum atomic E-state index is 13.2. The van der Waals surface area contributed by atoms with Crippen LogP contribution in [0.1, 0.15) is 16.1 Å². The highest BCUT2D eigenvalue weighted by Gasteiger charge is 2.11. The van der Waals surface area contributed by atoms with Gasteiger partial charge in [-0.05, 0) is 29.8 Å². The first-order valence-electron chi connectivity index (χ1n) is 5.05. The van der Waals surface area contributed by atoms with Crippen LogP contribution >= 0.6 is 0 Å². The van der Waals surface area contributed by atoms with Crippen molar-refractivity contribution >= 4 is 5.91 Å². The number of pyridine rings is 2. The molecular formula is C12H10FN3O. The van der Waals surface area contributed by atoms with Crippen molar-refractivity contribution in [1.29, 1.82) is 0 Å². The van der Waals surface area contributed by atoms with Crippen LogP contribution in [0.25, 0.3) is 0 Å². The monoisotopic (exact) mass is 231 g/mol. The number of amides is 1. The van der Waals surface area contributed by atoms with Crippen LogP contribution in [0.15, 0.2) is 42.9 Å². The number of nitrogens with one attached hydrogen (secondary N) is 1. The molecule has 0 saturated carbocycles. The Hall–Kier alpha value is -2.30. The molecule has 0 radical (unpaired) electrons. The smallest absolute Gasteiger partial charge is 0.273 e. The van der Waals surface area contributed by atoms with Gasteiger partial charge in [-0.15, -0.1) is 0 Å². The highest BCUT2D eigenvalue weighted by Crippen LogP contribution is 2.03. The van der Waals surface area contributed by atoms with Gasteiger partial charge in [-0.2, -0.15) is 0 Å². The fourth-order valence-electron chi connectivity index (χ4n) is 1.32. The van der Waals surface area contributed by atoms with Crippen LogP contribution in [-0.2, 0) is 6.54 Å². The Morgan fingerprint density at radius 2 is 2.00 bits per heavy atom. The van der Waals surface area contributed by atoms with E-state index in [2.05, 4.69) is 15.3 Å². The third-order valence-electron chi connectivity index (χ3n) is 2.18. The van der Waals surface area contributed by atoms with Crippen LogP contribution < -0.4 is 5.32 Å². The molecule has 0 unspecified atom stereocenters. The third-order valence-corrected chi connectivity index (χ3v) is 2.18. The molecule has 2 aromatic heterocycles. The van der Waals surface area contributed by atoms with Crippen molar-refractivity contribution in [3.63, 3.8) is 0 Å². The van der Waals surface area contributed by atoms with Gasteiger partial charge >= 0.3 is 0 Å². The second-order valence-corrected chi connectivity index (χ2v) is 3.37. The van der Waals surface area contributed by atoms with E-state index in [4.69, 9.17) is 0 Å². The van der Waals surface area contributed by atoms with Crippen LogP contribution in [-0.4, -0.2) is 15.9 Å². The predicted octanol–water partition coefficient (Wildman–Crippen LogP) is 1.55. The van der Waals surface area contributed by atoms with Gasteiger partial charge in [0.05, 0.1) is 0 Å². The average molecular weight is 231 g/mol. The number of rotatable bonds is 3. The summed E-state index contributed by atoms with van der Waals surface area (Å²) >= 11 is 0. The zero-order chi connectivity index (χ0) is 12.1. The van der Waals surface area contributed by atoms with E-state index >= 15 is 0 Å². The third kappa shape index (κ3) is 2.84. The van der Waals surface area contributed by atoms with E-state index in [1.54, 1.807) is 24.5 Å². The summed E-state index contributed by atoms with van der Waals surface area (Å²) in [5.41, 5.74) is 0.700. The van der Waals surface area contributed by atoms with Gasteiger partial charge in [-0.25, -0.2) is 9.37 Å². The molecule has 1 N–H and O–H groups in total. The lowest BCUT2D eigenvalue weighted by molar-refractivity contribution is 0.0941. The molecule has 1 amide bonds. The molecule has 0 aliphatic heterocycles. The minimum absolute atomic E-state index is 0.193. The zero-order valence-electron chi connectivity index (χ0n) is 8.93.